The fraction of sp³-hybridized carbons (Fsp3) is 0.400. The number of alkyl halides is 3. The second kappa shape index (κ2) is 16.2. The molecule has 2 rings (SSSR count). The number of hydrazine groups is 1. The second-order valence-electron chi connectivity index (χ2n) is 8.28. The second-order valence-corrected chi connectivity index (χ2v) is 8.28. The van der Waals surface area contributed by atoms with E-state index in [0.29, 0.717) is 43.3 Å². The molecule has 0 saturated carbocycles. The lowest BCUT2D eigenvalue weighted by Gasteiger charge is -2.15. The minimum Gasteiger partial charge on any atom is -0.382 e. The Balaban J connectivity index is 1.90. The summed E-state index contributed by atoms with van der Waals surface area (Å²) in [5, 5.41) is 13.3. The van der Waals surface area contributed by atoms with Gasteiger partial charge in [-0.1, -0.05) is 0 Å². The van der Waals surface area contributed by atoms with Gasteiger partial charge in [0.15, 0.2) is 5.84 Å². The van der Waals surface area contributed by atoms with Gasteiger partial charge in [-0.2, -0.15) is 13.2 Å². The number of methoxy groups -OCH3 is 1. The average molecular weight is 570 g/mol. The monoisotopic (exact) mass is 569 g/mol. The van der Waals surface area contributed by atoms with Gasteiger partial charge in [0, 0.05) is 49.7 Å². The van der Waals surface area contributed by atoms with E-state index in [0.717, 1.165) is 17.3 Å². The van der Waals surface area contributed by atoms with E-state index in [1.165, 1.54) is 38.4 Å². The van der Waals surface area contributed by atoms with E-state index in [2.05, 4.69) is 21.1 Å². The summed E-state index contributed by atoms with van der Waals surface area (Å²) in [6.45, 7) is 1.76. The quantitative estimate of drug-likeness (QED) is 0.0660. The van der Waals surface area contributed by atoms with Crippen LogP contribution in [0.4, 0.5) is 24.5 Å². The molecule has 2 amide bonds. The molecule has 0 spiro atoms. The number of hydrogen-bond acceptors (Lipinski definition) is 9. The molecule has 0 unspecified atom stereocenters. The molecule has 15 heteroatoms. The molecule has 2 aromatic rings. The number of ether oxygens (including phenoxy) is 3. The molecule has 0 bridgehead atoms. The van der Waals surface area contributed by atoms with Gasteiger partial charge < -0.3 is 35.9 Å². The van der Waals surface area contributed by atoms with E-state index in [9.17, 15) is 22.8 Å². The van der Waals surface area contributed by atoms with Gasteiger partial charge in [0.1, 0.15) is 6.61 Å². The van der Waals surface area contributed by atoms with Crippen molar-refractivity contribution in [3.8, 4) is 0 Å². The van der Waals surface area contributed by atoms with Crippen molar-refractivity contribution in [2.24, 2.45) is 16.7 Å². The maximum absolute atomic E-state index is 12.9. The normalized spacial score (nSPS) is 11.7. The number of benzene rings is 2. The first-order chi connectivity index (χ1) is 19.0. The zero-order valence-electron chi connectivity index (χ0n) is 22.2. The molecule has 7 N–H and O–H groups in total. The highest BCUT2D eigenvalue weighted by Gasteiger charge is 2.30. The third kappa shape index (κ3) is 11.4. The van der Waals surface area contributed by atoms with Gasteiger partial charge in [-0.15, -0.1) is 5.10 Å². The molecule has 0 fully saturated rings. The molecule has 220 valence electrons. The maximum Gasteiger partial charge on any atom is 0.416 e. The molecule has 40 heavy (non-hydrogen) atoms. The number of rotatable bonds is 16. The number of hydrogen-bond donors (Lipinski definition) is 5. The Kier molecular flexibility index (Phi) is 13.1. The SMILES string of the molecule is COCC(=O)NCCOCCOCCNC(=O)c1ccc(Nc2ccc(C(F)(F)F)cc2)c(/C(N)=N/N(C)N)c1. The van der Waals surface area contributed by atoms with Crippen molar-refractivity contribution in [3.63, 3.8) is 0 Å². The van der Waals surface area contributed by atoms with E-state index in [1.54, 1.807) is 6.07 Å². The highest BCUT2D eigenvalue weighted by atomic mass is 19.4. The summed E-state index contributed by atoms with van der Waals surface area (Å²) in [5.41, 5.74) is 6.66. The van der Waals surface area contributed by atoms with Crippen LogP contribution in [0, 0.1) is 0 Å². The van der Waals surface area contributed by atoms with Crippen molar-refractivity contribution >= 4 is 29.0 Å². The fourth-order valence-corrected chi connectivity index (χ4v) is 3.23. The van der Waals surface area contributed by atoms with Crippen LogP contribution in [0.25, 0.3) is 0 Å². The van der Waals surface area contributed by atoms with Crippen molar-refractivity contribution in [1.82, 2.24) is 15.8 Å². The molecule has 0 aromatic heterocycles. The number of amidine groups is 1. The van der Waals surface area contributed by atoms with Crippen molar-refractivity contribution in [1.29, 1.82) is 0 Å². The Bertz CT molecular complexity index is 1130. The predicted molar refractivity (Wildman–Crippen MR) is 143 cm³/mol. The molecule has 0 aliphatic carbocycles. The van der Waals surface area contributed by atoms with E-state index < -0.39 is 17.6 Å². The van der Waals surface area contributed by atoms with Crippen molar-refractivity contribution in [2.75, 3.05) is 65.6 Å². The Morgan fingerprint density at radius 3 is 2.17 bits per heavy atom. The van der Waals surface area contributed by atoms with Crippen LogP contribution in [0.15, 0.2) is 47.6 Å². The van der Waals surface area contributed by atoms with Crippen LogP contribution >= 0.6 is 0 Å². The maximum atomic E-state index is 12.9. The molecular weight excluding hydrogens is 535 g/mol. The largest absolute Gasteiger partial charge is 0.416 e. The van der Waals surface area contributed by atoms with Crippen molar-refractivity contribution < 1.29 is 37.0 Å². The van der Waals surface area contributed by atoms with Gasteiger partial charge in [-0.25, -0.2) is 11.0 Å². The summed E-state index contributed by atoms with van der Waals surface area (Å²) in [6.07, 6.45) is -4.45. The fourth-order valence-electron chi connectivity index (χ4n) is 3.23. The zero-order valence-corrected chi connectivity index (χ0v) is 22.2. The summed E-state index contributed by atoms with van der Waals surface area (Å²) in [5.74, 6) is 4.92. The van der Waals surface area contributed by atoms with Gasteiger partial charge in [-0.05, 0) is 42.5 Å². The number of nitrogens with two attached hydrogens (primary N) is 2. The summed E-state index contributed by atoms with van der Waals surface area (Å²) in [7, 11) is 2.89. The third-order valence-electron chi connectivity index (χ3n) is 5.06. The Labute approximate surface area is 229 Å². The molecule has 12 nitrogen and oxygen atoms in total. The van der Waals surface area contributed by atoms with Gasteiger partial charge in [0.05, 0.1) is 32.0 Å². The van der Waals surface area contributed by atoms with E-state index in [1.807, 2.05) is 0 Å². The number of anilines is 2. The first-order valence-electron chi connectivity index (χ1n) is 12.1. The molecule has 0 heterocycles. The number of nitrogens with one attached hydrogen (secondary N) is 3. The Morgan fingerprint density at radius 1 is 0.975 bits per heavy atom. The summed E-state index contributed by atoms with van der Waals surface area (Å²) >= 11 is 0. The minimum absolute atomic E-state index is 0.00801. The highest BCUT2D eigenvalue weighted by molar-refractivity contribution is 6.05. The van der Waals surface area contributed by atoms with Crippen LogP contribution in [-0.2, 0) is 25.2 Å². The summed E-state index contributed by atoms with van der Waals surface area (Å²) in [4.78, 5) is 23.9. The van der Waals surface area contributed by atoms with Crippen molar-refractivity contribution in [2.45, 2.75) is 6.18 Å². The molecule has 0 atom stereocenters. The van der Waals surface area contributed by atoms with Crippen LogP contribution in [0.1, 0.15) is 21.5 Å². The number of carbonyl (C=O) groups is 2. The molecule has 0 aliphatic rings. The lowest BCUT2D eigenvalue weighted by molar-refractivity contribution is -0.137. The summed E-state index contributed by atoms with van der Waals surface area (Å²) < 4.78 is 54.1. The lowest BCUT2D eigenvalue weighted by atomic mass is 10.1. The van der Waals surface area contributed by atoms with Gasteiger partial charge in [0.2, 0.25) is 5.91 Å². The third-order valence-corrected chi connectivity index (χ3v) is 5.06. The first kappa shape index (κ1) is 32.3. The topological polar surface area (TPSA) is 166 Å². The van der Waals surface area contributed by atoms with Crippen molar-refractivity contribution in [3.05, 3.63) is 59.2 Å². The lowest BCUT2D eigenvalue weighted by Crippen LogP contribution is -2.30. The average Bonchev–Trinajstić information content (AvgIpc) is 2.89. The molecule has 0 aliphatic heterocycles. The van der Waals surface area contributed by atoms with Crippen LogP contribution in [0.3, 0.4) is 0 Å². The van der Waals surface area contributed by atoms with Crippen LogP contribution in [-0.4, -0.2) is 83.0 Å². The smallest absolute Gasteiger partial charge is 0.382 e. The van der Waals surface area contributed by atoms with E-state index in [-0.39, 0.29) is 37.1 Å². The Hall–Kier alpha value is -3.92. The molecular formula is C25H34F3N7O5. The van der Waals surface area contributed by atoms with Gasteiger partial charge in [0.25, 0.3) is 5.91 Å². The van der Waals surface area contributed by atoms with Crippen LogP contribution in [0.2, 0.25) is 0 Å². The number of hydrazone groups is 1. The minimum atomic E-state index is -4.45. The van der Waals surface area contributed by atoms with Gasteiger partial charge >= 0.3 is 6.18 Å². The highest BCUT2D eigenvalue weighted by Crippen LogP contribution is 2.31. The van der Waals surface area contributed by atoms with Crippen LogP contribution in [0.5, 0.6) is 0 Å². The molecule has 0 saturated heterocycles. The van der Waals surface area contributed by atoms with Gasteiger partial charge in [-0.3, -0.25) is 9.59 Å². The van der Waals surface area contributed by atoms with E-state index in [4.69, 9.17) is 25.8 Å². The number of amides is 2. The number of carbonyl (C=O) groups excluding carboxylic acids is 2. The Morgan fingerprint density at radius 2 is 1.60 bits per heavy atom. The number of halogens is 3. The predicted octanol–water partition coefficient (Wildman–Crippen LogP) is 1.40. The zero-order chi connectivity index (χ0) is 29.5. The molecule has 0 radical (unpaired) electrons. The standard InChI is InChI=1S/C25H34F3N7O5/c1-35(30)34-23(29)20-15-17(3-8-21(20)33-19-6-4-18(5-7-19)25(26,27)28)24(37)32-10-12-40-14-13-39-11-9-31-22(36)16-38-2/h3-8,15,33H,9-14,16,30H2,1-2H3,(H2,29,34)(H,31,36)(H,32,37). The number of nitrogens with zero attached hydrogens (tertiary/aromatic N) is 2. The summed E-state index contributed by atoms with van der Waals surface area (Å²) in [6, 6.07) is 9.05. The molecule has 2 aromatic carbocycles. The van der Waals surface area contributed by atoms with E-state index >= 15 is 0 Å². The first-order valence-corrected chi connectivity index (χ1v) is 12.1. The van der Waals surface area contributed by atoms with Crippen LogP contribution < -0.4 is 27.5 Å².